The number of nitrogens with two attached hydrogens (primary N) is 3. The van der Waals surface area contributed by atoms with Crippen LogP contribution in [0.3, 0.4) is 0 Å². The Morgan fingerprint density at radius 1 is 0.964 bits per heavy atom. The number of rotatable bonds is 16. The van der Waals surface area contributed by atoms with Crippen LogP contribution >= 0.6 is 0 Å². The second kappa shape index (κ2) is 21.3. The summed E-state index contributed by atoms with van der Waals surface area (Å²) in [6.45, 7) is 4.07. The van der Waals surface area contributed by atoms with Gasteiger partial charge in [0.05, 0.1) is 12.2 Å². The third-order valence-corrected chi connectivity index (χ3v) is 8.75. The normalized spacial score (nSPS) is 18.3. The summed E-state index contributed by atoms with van der Waals surface area (Å²) >= 11 is 0. The van der Waals surface area contributed by atoms with Crippen LogP contribution in [0.15, 0.2) is 36.4 Å². The minimum Gasteiger partial charge on any atom is -0.492 e. The van der Waals surface area contributed by atoms with Crippen molar-refractivity contribution in [3.05, 3.63) is 47.5 Å². The van der Waals surface area contributed by atoms with Gasteiger partial charge in [0, 0.05) is 44.6 Å². The Kier molecular flexibility index (Phi) is 17.0. The first-order valence-electron chi connectivity index (χ1n) is 18.1. The molecular formula is C37H52N10O9. The zero-order valence-corrected chi connectivity index (χ0v) is 31.9. The molecule has 0 aliphatic carbocycles. The van der Waals surface area contributed by atoms with Gasteiger partial charge in [0.15, 0.2) is 0 Å². The number of carbonyl (C=O) groups excluding carboxylic acids is 6. The minimum atomic E-state index is -1.45. The molecule has 0 spiro atoms. The number of nitrogens with zero attached hydrogens (tertiary/aromatic N) is 2. The third-order valence-electron chi connectivity index (χ3n) is 8.75. The van der Waals surface area contributed by atoms with Crippen LogP contribution in [0.5, 0.6) is 11.5 Å². The SMILES string of the molecule is CC(=O)NC(C(=O)N[C@@H](CCN)C(=O)N(C)[C@@H]1C(=O)N[C@@H](C)C(=O)N[C@H](C(=O)NCC#N)Cc2ccc(OCCN)c(c2)-c2cc1ccc2OCCN)C(C)O. The smallest absolute Gasteiger partial charge is 0.248 e. The summed E-state index contributed by atoms with van der Waals surface area (Å²) in [5.74, 6) is -3.69. The van der Waals surface area contributed by atoms with Crippen molar-refractivity contribution in [3.8, 4) is 28.7 Å². The van der Waals surface area contributed by atoms with Gasteiger partial charge in [0.1, 0.15) is 61.5 Å². The van der Waals surface area contributed by atoms with E-state index in [0.717, 1.165) is 4.90 Å². The van der Waals surface area contributed by atoms with Crippen molar-refractivity contribution in [2.24, 2.45) is 17.2 Å². The number of likely N-dealkylation sites (N-methyl/N-ethyl adjacent to an activating group) is 1. The molecule has 2 aromatic carbocycles. The lowest BCUT2D eigenvalue weighted by Gasteiger charge is -2.33. The topological polar surface area (TPSA) is 306 Å². The quantitative estimate of drug-likeness (QED) is 0.0793. The Morgan fingerprint density at radius 2 is 1.59 bits per heavy atom. The second-order valence-electron chi connectivity index (χ2n) is 13.1. The Balaban J connectivity index is 2.26. The van der Waals surface area contributed by atoms with Crippen molar-refractivity contribution in [3.63, 3.8) is 0 Å². The Morgan fingerprint density at radius 3 is 2.16 bits per heavy atom. The Hall–Kier alpha value is -5.81. The molecule has 0 radical (unpaired) electrons. The maximum Gasteiger partial charge on any atom is 0.248 e. The van der Waals surface area contributed by atoms with Crippen LogP contribution in [0.1, 0.15) is 44.4 Å². The summed E-state index contributed by atoms with van der Waals surface area (Å²) in [6.07, 6.45) is -1.43. The van der Waals surface area contributed by atoms with Gasteiger partial charge in [0.2, 0.25) is 35.4 Å². The van der Waals surface area contributed by atoms with E-state index in [9.17, 15) is 33.9 Å². The summed E-state index contributed by atoms with van der Waals surface area (Å²) in [5.41, 5.74) is 19.1. The number of aliphatic hydroxyl groups excluding tert-OH is 1. The van der Waals surface area contributed by atoms with Crippen LogP contribution < -0.4 is 53.3 Å². The number of carbonyl (C=O) groups is 6. The molecule has 1 aliphatic rings. The van der Waals surface area contributed by atoms with Crippen molar-refractivity contribution >= 4 is 35.4 Å². The first-order valence-corrected chi connectivity index (χ1v) is 18.1. The van der Waals surface area contributed by atoms with Crippen LogP contribution in [0.4, 0.5) is 0 Å². The van der Waals surface area contributed by atoms with E-state index in [-0.39, 0.29) is 57.8 Å². The van der Waals surface area contributed by atoms with Crippen LogP contribution in [-0.2, 0) is 35.2 Å². The number of aliphatic hydroxyl groups is 1. The lowest BCUT2D eigenvalue weighted by Crippen LogP contribution is -2.58. The highest BCUT2D eigenvalue weighted by atomic mass is 16.5. The summed E-state index contributed by atoms with van der Waals surface area (Å²) in [5, 5.41) is 31.9. The van der Waals surface area contributed by atoms with Gasteiger partial charge in [-0.15, -0.1) is 0 Å². The van der Waals surface area contributed by atoms with E-state index in [2.05, 4.69) is 26.6 Å². The van der Waals surface area contributed by atoms with Gasteiger partial charge in [0.25, 0.3) is 0 Å². The monoisotopic (exact) mass is 780 g/mol. The van der Waals surface area contributed by atoms with E-state index >= 15 is 0 Å². The van der Waals surface area contributed by atoms with Gasteiger partial charge in [-0.1, -0.05) is 12.1 Å². The molecule has 2 unspecified atom stereocenters. The number of fused-ring (bicyclic) bond motifs is 5. The fraction of sp³-hybridized carbons (Fsp3) is 0.486. The summed E-state index contributed by atoms with van der Waals surface area (Å²) in [6, 6.07) is 5.15. The highest BCUT2D eigenvalue weighted by molar-refractivity contribution is 5.97. The summed E-state index contributed by atoms with van der Waals surface area (Å²) in [7, 11) is 1.33. The number of hydrogen-bond donors (Lipinski definition) is 9. The van der Waals surface area contributed by atoms with Crippen LogP contribution in [-0.4, -0.2) is 122 Å². The van der Waals surface area contributed by atoms with E-state index in [0.29, 0.717) is 28.2 Å². The standard InChI is InChI=1S/C37H52N10O9/c1-20-33(50)46-28(34(51)42-14-11-39)18-23-5-7-29(55-15-12-40)25(17-23)26-19-24(6-8-30(26)56-16-13-41)32(36(53)43-20)47(4)37(54)27(9-10-38)45-35(52)31(21(2)48)44-22(3)49/h5-8,17,19-21,27-28,31-32,48H,9-10,12-16,18,38,40-41H2,1-4H3,(H,42,51)(H,43,53)(H,44,49)(H,45,52)(H,46,50)/t20-,21?,27-,28-,31?,32-/m0/s1. The molecule has 0 saturated carbocycles. The molecule has 1 heterocycles. The largest absolute Gasteiger partial charge is 0.492 e. The van der Waals surface area contributed by atoms with Gasteiger partial charge in [-0.05, 0) is 62.2 Å². The highest BCUT2D eigenvalue weighted by Gasteiger charge is 2.37. The summed E-state index contributed by atoms with van der Waals surface area (Å²) < 4.78 is 12.0. The molecule has 0 saturated heterocycles. The first-order chi connectivity index (χ1) is 26.7. The van der Waals surface area contributed by atoms with Gasteiger partial charge >= 0.3 is 0 Å². The number of nitrogens with one attached hydrogen (secondary N) is 5. The van der Waals surface area contributed by atoms with E-state index in [1.165, 1.54) is 27.8 Å². The summed E-state index contributed by atoms with van der Waals surface area (Å²) in [4.78, 5) is 81.5. The van der Waals surface area contributed by atoms with Crippen molar-refractivity contribution in [1.29, 1.82) is 5.26 Å². The molecule has 12 N–H and O–H groups in total. The molecule has 1 aliphatic heterocycles. The molecule has 56 heavy (non-hydrogen) atoms. The Labute approximate surface area is 325 Å². The molecule has 0 fully saturated rings. The first kappa shape index (κ1) is 44.6. The van der Waals surface area contributed by atoms with E-state index in [1.807, 2.05) is 6.07 Å². The van der Waals surface area contributed by atoms with Crippen molar-refractivity contribution < 1.29 is 43.3 Å². The minimum absolute atomic E-state index is 0.0154. The second-order valence-corrected chi connectivity index (χ2v) is 13.1. The van der Waals surface area contributed by atoms with Gasteiger partial charge in [-0.3, -0.25) is 28.8 Å². The van der Waals surface area contributed by atoms with E-state index in [1.54, 1.807) is 36.4 Å². The fourth-order valence-corrected chi connectivity index (χ4v) is 6.02. The molecule has 19 heteroatoms. The lowest BCUT2D eigenvalue weighted by atomic mass is 9.93. The number of ether oxygens (including phenoxy) is 2. The predicted molar refractivity (Wildman–Crippen MR) is 203 cm³/mol. The molecule has 4 bridgehead atoms. The van der Waals surface area contributed by atoms with Gasteiger partial charge in [-0.25, -0.2) is 0 Å². The van der Waals surface area contributed by atoms with Crippen LogP contribution in [0.2, 0.25) is 0 Å². The maximum atomic E-state index is 14.3. The van der Waals surface area contributed by atoms with Crippen molar-refractivity contribution in [1.82, 2.24) is 31.5 Å². The molecule has 0 aromatic heterocycles. The molecule has 6 atom stereocenters. The average molecular weight is 781 g/mol. The molecule has 6 amide bonds. The molecule has 19 nitrogen and oxygen atoms in total. The molecule has 2 aromatic rings. The maximum absolute atomic E-state index is 14.3. The zero-order valence-electron chi connectivity index (χ0n) is 31.9. The Bertz CT molecular complexity index is 1780. The van der Waals surface area contributed by atoms with Gasteiger partial charge in [-0.2, -0.15) is 5.26 Å². The zero-order chi connectivity index (χ0) is 41.5. The van der Waals surface area contributed by atoms with Crippen LogP contribution in [0, 0.1) is 11.3 Å². The predicted octanol–water partition coefficient (Wildman–Crippen LogP) is -2.57. The fourth-order valence-electron chi connectivity index (χ4n) is 6.02. The molecule has 3 rings (SSSR count). The number of amides is 6. The van der Waals surface area contributed by atoms with E-state index in [4.69, 9.17) is 31.9 Å². The van der Waals surface area contributed by atoms with Gasteiger partial charge < -0.3 is 63.3 Å². The lowest BCUT2D eigenvalue weighted by molar-refractivity contribution is -0.143. The number of benzene rings is 2. The van der Waals surface area contributed by atoms with Crippen LogP contribution in [0.25, 0.3) is 11.1 Å². The third kappa shape index (κ3) is 11.8. The highest BCUT2D eigenvalue weighted by Crippen LogP contribution is 2.40. The number of nitriles is 1. The van der Waals surface area contributed by atoms with E-state index < -0.39 is 71.8 Å². The molecule has 304 valence electrons. The van der Waals surface area contributed by atoms with Crippen molar-refractivity contribution in [2.75, 3.05) is 46.4 Å². The number of hydrogen-bond acceptors (Lipinski definition) is 13. The van der Waals surface area contributed by atoms with Crippen molar-refractivity contribution in [2.45, 2.75) is 69.9 Å². The average Bonchev–Trinajstić information content (AvgIpc) is 3.16. The molecular weight excluding hydrogens is 728 g/mol.